The van der Waals surface area contributed by atoms with E-state index in [2.05, 4.69) is 56.1 Å². The fourth-order valence-electron chi connectivity index (χ4n) is 2.05. The van der Waals surface area contributed by atoms with Crippen LogP contribution in [0.15, 0.2) is 18.5 Å². The van der Waals surface area contributed by atoms with Crippen molar-refractivity contribution in [1.82, 2.24) is 14.6 Å². The second-order valence-electron chi connectivity index (χ2n) is 6.87. The third-order valence-electron chi connectivity index (χ3n) is 3.35. The third-order valence-corrected chi connectivity index (χ3v) is 3.35. The van der Waals surface area contributed by atoms with Gasteiger partial charge in [0, 0.05) is 30.0 Å². The Balaban J connectivity index is 2.42. The van der Waals surface area contributed by atoms with Crippen LogP contribution < -0.4 is 5.32 Å². The minimum absolute atomic E-state index is 0.00388. The molecule has 0 unspecified atom stereocenters. The molecule has 0 fully saturated rings. The fraction of sp³-hybridized carbons (Fsp3) is 0.600. The first-order valence-corrected chi connectivity index (χ1v) is 6.97. The molecule has 2 N–H and O–H groups in total. The molecular weight excluding hydrogens is 252 g/mol. The van der Waals surface area contributed by atoms with E-state index in [0.29, 0.717) is 6.42 Å². The second kappa shape index (κ2) is 5.05. The van der Waals surface area contributed by atoms with Crippen LogP contribution in [0.1, 0.15) is 46.7 Å². The third kappa shape index (κ3) is 3.10. The summed E-state index contributed by atoms with van der Waals surface area (Å²) in [6.45, 7) is 10.7. The number of aliphatic hydroxyl groups is 1. The van der Waals surface area contributed by atoms with E-state index in [1.807, 2.05) is 10.7 Å². The van der Waals surface area contributed by atoms with Gasteiger partial charge in [0.15, 0.2) is 5.82 Å². The van der Waals surface area contributed by atoms with Crippen molar-refractivity contribution in [2.24, 2.45) is 0 Å². The Kier molecular flexibility index (Phi) is 3.73. The topological polar surface area (TPSA) is 62.5 Å². The molecule has 0 saturated carbocycles. The maximum atomic E-state index is 9.13. The largest absolute Gasteiger partial charge is 0.396 e. The van der Waals surface area contributed by atoms with E-state index >= 15 is 0 Å². The molecule has 0 saturated heterocycles. The SMILES string of the molecule is CC(C)(CCO)Nc1nccn2nc(C(C)(C)C)cc12. The minimum Gasteiger partial charge on any atom is -0.396 e. The normalized spacial score (nSPS) is 12.9. The van der Waals surface area contributed by atoms with Gasteiger partial charge in [0.2, 0.25) is 0 Å². The zero-order valence-electron chi connectivity index (χ0n) is 12.9. The highest BCUT2D eigenvalue weighted by molar-refractivity contribution is 5.68. The Hall–Kier alpha value is -1.62. The number of rotatable bonds is 4. The molecule has 0 aromatic carbocycles. The molecule has 0 bridgehead atoms. The zero-order chi connectivity index (χ0) is 15.0. The van der Waals surface area contributed by atoms with E-state index in [1.165, 1.54) is 0 Å². The summed E-state index contributed by atoms with van der Waals surface area (Å²) in [5, 5.41) is 17.1. The molecule has 0 atom stereocenters. The average Bonchev–Trinajstić information content (AvgIpc) is 2.72. The van der Waals surface area contributed by atoms with Crippen LogP contribution in [-0.2, 0) is 5.41 Å². The van der Waals surface area contributed by atoms with Gasteiger partial charge in [-0.2, -0.15) is 5.10 Å². The summed E-state index contributed by atoms with van der Waals surface area (Å²) in [7, 11) is 0. The van der Waals surface area contributed by atoms with Gasteiger partial charge in [0.1, 0.15) is 5.52 Å². The lowest BCUT2D eigenvalue weighted by atomic mass is 9.92. The summed E-state index contributed by atoms with van der Waals surface area (Å²) in [6, 6.07) is 2.07. The molecule has 0 aliphatic carbocycles. The van der Waals surface area contributed by atoms with Crippen molar-refractivity contribution in [2.75, 3.05) is 11.9 Å². The van der Waals surface area contributed by atoms with Crippen LogP contribution in [0.3, 0.4) is 0 Å². The molecule has 5 nitrogen and oxygen atoms in total. The highest BCUT2D eigenvalue weighted by Gasteiger charge is 2.22. The van der Waals surface area contributed by atoms with E-state index in [1.54, 1.807) is 6.20 Å². The number of aromatic nitrogens is 3. The van der Waals surface area contributed by atoms with E-state index < -0.39 is 0 Å². The number of nitrogens with one attached hydrogen (secondary N) is 1. The summed E-state index contributed by atoms with van der Waals surface area (Å²) in [5.74, 6) is 0.800. The van der Waals surface area contributed by atoms with Crippen molar-refractivity contribution in [1.29, 1.82) is 0 Å². The molecule has 2 rings (SSSR count). The summed E-state index contributed by atoms with van der Waals surface area (Å²) < 4.78 is 1.85. The number of hydrogen-bond donors (Lipinski definition) is 2. The zero-order valence-corrected chi connectivity index (χ0v) is 12.9. The van der Waals surface area contributed by atoms with Gasteiger partial charge in [-0.25, -0.2) is 9.50 Å². The Morgan fingerprint density at radius 1 is 1.25 bits per heavy atom. The number of fused-ring (bicyclic) bond motifs is 1. The summed E-state index contributed by atoms with van der Waals surface area (Å²) in [6.07, 6.45) is 4.26. The number of nitrogens with zero attached hydrogens (tertiary/aromatic N) is 3. The van der Waals surface area contributed by atoms with Crippen LogP contribution in [0.4, 0.5) is 5.82 Å². The second-order valence-corrected chi connectivity index (χ2v) is 6.87. The summed E-state index contributed by atoms with van der Waals surface area (Å²) in [5.41, 5.74) is 1.79. The van der Waals surface area contributed by atoms with Crippen LogP contribution in [0, 0.1) is 0 Å². The van der Waals surface area contributed by atoms with E-state index in [0.717, 1.165) is 17.0 Å². The molecular formula is C15H24N4O. The van der Waals surface area contributed by atoms with Gasteiger partial charge in [0.25, 0.3) is 0 Å². The van der Waals surface area contributed by atoms with Crippen LogP contribution >= 0.6 is 0 Å². The van der Waals surface area contributed by atoms with Crippen LogP contribution in [-0.4, -0.2) is 31.9 Å². The van der Waals surface area contributed by atoms with Gasteiger partial charge in [-0.15, -0.1) is 0 Å². The molecule has 0 radical (unpaired) electrons. The first-order chi connectivity index (χ1) is 9.23. The number of aliphatic hydroxyl groups excluding tert-OH is 1. The lowest BCUT2D eigenvalue weighted by molar-refractivity contribution is 0.260. The Morgan fingerprint density at radius 3 is 2.55 bits per heavy atom. The molecule has 110 valence electrons. The summed E-state index contributed by atoms with van der Waals surface area (Å²) >= 11 is 0. The van der Waals surface area contributed by atoms with Crippen molar-refractivity contribution in [2.45, 2.75) is 52.0 Å². The molecule has 0 amide bonds. The minimum atomic E-state index is -0.213. The highest BCUT2D eigenvalue weighted by Crippen LogP contribution is 2.26. The smallest absolute Gasteiger partial charge is 0.152 e. The monoisotopic (exact) mass is 276 g/mol. The molecule has 2 aromatic rings. The Morgan fingerprint density at radius 2 is 1.95 bits per heavy atom. The lowest BCUT2D eigenvalue weighted by Crippen LogP contribution is -2.32. The standard InChI is InChI=1S/C15H24N4O/c1-14(2,3)12-10-11-13(16-7-8-19(11)18-12)17-15(4,5)6-9-20/h7-8,10,20H,6,9H2,1-5H3,(H,16,17). The van der Waals surface area contributed by atoms with Crippen molar-refractivity contribution in [3.8, 4) is 0 Å². The van der Waals surface area contributed by atoms with Gasteiger partial charge in [-0.3, -0.25) is 0 Å². The molecule has 0 aliphatic heterocycles. The van der Waals surface area contributed by atoms with Crippen molar-refractivity contribution >= 4 is 11.3 Å². The molecule has 0 spiro atoms. The number of anilines is 1. The van der Waals surface area contributed by atoms with Gasteiger partial charge in [-0.1, -0.05) is 20.8 Å². The van der Waals surface area contributed by atoms with E-state index in [4.69, 9.17) is 5.11 Å². The Bertz CT molecular complexity index is 595. The predicted octanol–water partition coefficient (Wildman–Crippen LogP) is 2.60. The number of hydrogen-bond acceptors (Lipinski definition) is 4. The van der Waals surface area contributed by atoms with Crippen molar-refractivity contribution in [3.63, 3.8) is 0 Å². The first-order valence-electron chi connectivity index (χ1n) is 6.97. The highest BCUT2D eigenvalue weighted by atomic mass is 16.3. The molecule has 0 aliphatic rings. The average molecular weight is 276 g/mol. The Labute approximate surface area is 120 Å². The maximum absolute atomic E-state index is 9.13. The lowest BCUT2D eigenvalue weighted by Gasteiger charge is -2.26. The van der Waals surface area contributed by atoms with E-state index in [9.17, 15) is 0 Å². The van der Waals surface area contributed by atoms with Gasteiger partial charge in [0.05, 0.1) is 5.69 Å². The van der Waals surface area contributed by atoms with Crippen molar-refractivity contribution < 1.29 is 5.11 Å². The fourth-order valence-corrected chi connectivity index (χ4v) is 2.05. The molecule has 2 heterocycles. The summed E-state index contributed by atoms with van der Waals surface area (Å²) in [4.78, 5) is 4.42. The quantitative estimate of drug-likeness (QED) is 0.901. The van der Waals surface area contributed by atoms with Gasteiger partial charge >= 0.3 is 0 Å². The predicted molar refractivity (Wildman–Crippen MR) is 81.1 cm³/mol. The van der Waals surface area contributed by atoms with Crippen LogP contribution in [0.25, 0.3) is 5.52 Å². The van der Waals surface area contributed by atoms with E-state index in [-0.39, 0.29) is 17.6 Å². The van der Waals surface area contributed by atoms with Crippen LogP contribution in [0.2, 0.25) is 0 Å². The molecule has 20 heavy (non-hydrogen) atoms. The molecule has 2 aromatic heterocycles. The van der Waals surface area contributed by atoms with Crippen LogP contribution in [0.5, 0.6) is 0 Å². The van der Waals surface area contributed by atoms with Gasteiger partial charge < -0.3 is 10.4 Å². The maximum Gasteiger partial charge on any atom is 0.152 e. The first kappa shape index (κ1) is 14.8. The molecule has 5 heteroatoms. The van der Waals surface area contributed by atoms with Gasteiger partial charge in [-0.05, 0) is 26.3 Å². The van der Waals surface area contributed by atoms with Crippen molar-refractivity contribution in [3.05, 3.63) is 24.2 Å².